The number of carbonyl (C=O) groups is 2. The quantitative estimate of drug-likeness (QED) is 0.744. The van der Waals surface area contributed by atoms with Gasteiger partial charge in [0.05, 0.1) is 6.54 Å². The largest absolute Gasteiger partial charge is 0.326 e. The van der Waals surface area contributed by atoms with Gasteiger partial charge >= 0.3 is 6.03 Å². The van der Waals surface area contributed by atoms with Crippen LogP contribution in [0.3, 0.4) is 0 Å². The molecule has 1 aromatic rings. The number of urea groups is 1. The zero-order valence-corrected chi connectivity index (χ0v) is 9.52. The van der Waals surface area contributed by atoms with Gasteiger partial charge in [0, 0.05) is 25.7 Å². The van der Waals surface area contributed by atoms with Crippen molar-refractivity contribution in [2.24, 2.45) is 0 Å². The van der Waals surface area contributed by atoms with E-state index in [1.54, 1.807) is 11.9 Å². The Morgan fingerprint density at radius 2 is 1.94 bits per heavy atom. The van der Waals surface area contributed by atoms with E-state index >= 15 is 0 Å². The lowest BCUT2D eigenvalue weighted by Crippen LogP contribution is -2.33. The van der Waals surface area contributed by atoms with E-state index in [0.29, 0.717) is 18.7 Å². The predicted octanol–water partition coefficient (Wildman–Crippen LogP) is 1.38. The Kier molecular flexibility index (Phi) is 3.08. The molecule has 2 amide bonds. The van der Waals surface area contributed by atoms with Gasteiger partial charge < -0.3 is 9.80 Å². The van der Waals surface area contributed by atoms with Gasteiger partial charge in [0.2, 0.25) is 0 Å². The summed E-state index contributed by atoms with van der Waals surface area (Å²) in [5.74, 6) is -0.549. The molecular formula is C12H13FN2O2. The average Bonchev–Trinajstić information content (AvgIpc) is 2.62. The molecule has 1 fully saturated rings. The average molecular weight is 236 g/mol. The van der Waals surface area contributed by atoms with Crippen LogP contribution >= 0.6 is 0 Å². The second-order valence-corrected chi connectivity index (χ2v) is 4.06. The van der Waals surface area contributed by atoms with E-state index in [1.165, 1.54) is 29.2 Å². The first kappa shape index (κ1) is 11.6. The van der Waals surface area contributed by atoms with E-state index in [1.807, 2.05) is 0 Å². The standard InChI is InChI=1S/C12H13FN2O2/c1-14-6-7-15(12(14)17)8-11(16)9-2-4-10(13)5-3-9/h2-5H,6-8H2,1H3. The van der Waals surface area contributed by atoms with Crippen molar-refractivity contribution in [3.63, 3.8) is 0 Å². The van der Waals surface area contributed by atoms with Crippen LogP contribution in [0.5, 0.6) is 0 Å². The molecule has 2 rings (SSSR count). The number of amides is 2. The first-order valence-corrected chi connectivity index (χ1v) is 5.37. The topological polar surface area (TPSA) is 40.6 Å². The third kappa shape index (κ3) is 2.43. The summed E-state index contributed by atoms with van der Waals surface area (Å²) >= 11 is 0. The van der Waals surface area contributed by atoms with Crippen molar-refractivity contribution >= 4 is 11.8 Å². The van der Waals surface area contributed by atoms with Crippen LogP contribution < -0.4 is 0 Å². The summed E-state index contributed by atoms with van der Waals surface area (Å²) in [6.07, 6.45) is 0. The minimum absolute atomic E-state index is 0.0504. The summed E-state index contributed by atoms with van der Waals surface area (Å²) in [5.41, 5.74) is 0.425. The maximum atomic E-state index is 12.7. The van der Waals surface area contributed by atoms with Crippen molar-refractivity contribution in [3.8, 4) is 0 Å². The van der Waals surface area contributed by atoms with Crippen molar-refractivity contribution in [1.29, 1.82) is 0 Å². The predicted molar refractivity (Wildman–Crippen MR) is 60.3 cm³/mol. The molecule has 0 atom stereocenters. The van der Waals surface area contributed by atoms with Crippen LogP contribution in [0.2, 0.25) is 0 Å². The van der Waals surface area contributed by atoms with Crippen LogP contribution in [0, 0.1) is 5.82 Å². The number of carbonyl (C=O) groups excluding carboxylic acids is 2. The molecule has 1 heterocycles. The van der Waals surface area contributed by atoms with E-state index < -0.39 is 0 Å². The molecule has 4 nitrogen and oxygen atoms in total. The van der Waals surface area contributed by atoms with E-state index in [9.17, 15) is 14.0 Å². The van der Waals surface area contributed by atoms with Gasteiger partial charge in [0.15, 0.2) is 5.78 Å². The molecule has 1 saturated heterocycles. The normalized spacial score (nSPS) is 15.5. The summed E-state index contributed by atoms with van der Waals surface area (Å²) in [4.78, 5) is 26.5. The summed E-state index contributed by atoms with van der Waals surface area (Å²) in [7, 11) is 1.70. The number of benzene rings is 1. The lowest BCUT2D eigenvalue weighted by atomic mass is 10.1. The molecule has 0 bridgehead atoms. The summed E-state index contributed by atoms with van der Waals surface area (Å²) < 4.78 is 12.7. The highest BCUT2D eigenvalue weighted by molar-refractivity contribution is 5.99. The van der Waals surface area contributed by atoms with E-state index in [4.69, 9.17) is 0 Å². The van der Waals surface area contributed by atoms with Crippen molar-refractivity contribution in [1.82, 2.24) is 9.80 Å². The zero-order valence-electron chi connectivity index (χ0n) is 9.52. The van der Waals surface area contributed by atoms with Crippen LogP contribution in [-0.2, 0) is 0 Å². The molecule has 17 heavy (non-hydrogen) atoms. The van der Waals surface area contributed by atoms with Crippen molar-refractivity contribution in [2.45, 2.75) is 0 Å². The molecule has 1 aliphatic heterocycles. The summed E-state index contributed by atoms with van der Waals surface area (Å²) in [5, 5.41) is 0. The van der Waals surface area contributed by atoms with Crippen LogP contribution in [0.25, 0.3) is 0 Å². The van der Waals surface area contributed by atoms with Crippen molar-refractivity contribution < 1.29 is 14.0 Å². The number of likely N-dealkylation sites (N-methyl/N-ethyl adjacent to an activating group) is 1. The molecule has 90 valence electrons. The first-order chi connectivity index (χ1) is 8.08. The number of ketones is 1. The Bertz CT molecular complexity index is 444. The monoisotopic (exact) mass is 236 g/mol. The third-order valence-corrected chi connectivity index (χ3v) is 2.80. The molecule has 0 radical (unpaired) electrons. The smallest absolute Gasteiger partial charge is 0.320 e. The fourth-order valence-corrected chi connectivity index (χ4v) is 1.75. The van der Waals surface area contributed by atoms with E-state index in [2.05, 4.69) is 0 Å². The van der Waals surface area contributed by atoms with Crippen molar-refractivity contribution in [3.05, 3.63) is 35.6 Å². The Labute approximate surface area is 98.6 Å². The molecular weight excluding hydrogens is 223 g/mol. The van der Waals surface area contributed by atoms with Gasteiger partial charge in [0.1, 0.15) is 5.82 Å². The van der Waals surface area contributed by atoms with Crippen LogP contribution in [-0.4, -0.2) is 48.3 Å². The molecule has 5 heteroatoms. The minimum atomic E-state index is -0.376. The second-order valence-electron chi connectivity index (χ2n) is 4.06. The number of hydrogen-bond donors (Lipinski definition) is 0. The second kappa shape index (κ2) is 4.53. The molecule has 0 spiro atoms. The maximum absolute atomic E-state index is 12.7. The minimum Gasteiger partial charge on any atom is -0.326 e. The fourth-order valence-electron chi connectivity index (χ4n) is 1.75. The van der Waals surface area contributed by atoms with Crippen LogP contribution in [0.1, 0.15) is 10.4 Å². The lowest BCUT2D eigenvalue weighted by molar-refractivity contribution is 0.0952. The highest BCUT2D eigenvalue weighted by Crippen LogP contribution is 2.09. The zero-order chi connectivity index (χ0) is 12.4. The summed E-state index contributed by atoms with van der Waals surface area (Å²) in [6, 6.07) is 5.21. The summed E-state index contributed by atoms with van der Waals surface area (Å²) in [6.45, 7) is 1.24. The highest BCUT2D eigenvalue weighted by Gasteiger charge is 2.27. The number of rotatable bonds is 3. The van der Waals surface area contributed by atoms with Crippen molar-refractivity contribution in [2.75, 3.05) is 26.7 Å². The van der Waals surface area contributed by atoms with Gasteiger partial charge in [-0.15, -0.1) is 0 Å². The van der Waals surface area contributed by atoms with Gasteiger partial charge in [-0.25, -0.2) is 9.18 Å². The van der Waals surface area contributed by atoms with E-state index in [-0.39, 0.29) is 24.2 Å². The third-order valence-electron chi connectivity index (χ3n) is 2.80. The van der Waals surface area contributed by atoms with Crippen LogP contribution in [0.15, 0.2) is 24.3 Å². The Morgan fingerprint density at radius 3 is 2.47 bits per heavy atom. The fraction of sp³-hybridized carbons (Fsp3) is 0.333. The molecule has 0 saturated carbocycles. The maximum Gasteiger partial charge on any atom is 0.320 e. The molecule has 0 unspecified atom stereocenters. The Hall–Kier alpha value is -1.91. The lowest BCUT2D eigenvalue weighted by Gasteiger charge is -2.14. The van der Waals surface area contributed by atoms with Gasteiger partial charge in [0.25, 0.3) is 0 Å². The Balaban J connectivity index is 2.02. The number of Topliss-reactive ketones (excluding diaryl/α,β-unsaturated/α-hetero) is 1. The van der Waals surface area contributed by atoms with Crippen LogP contribution in [0.4, 0.5) is 9.18 Å². The SMILES string of the molecule is CN1CCN(CC(=O)c2ccc(F)cc2)C1=O. The van der Waals surface area contributed by atoms with E-state index in [0.717, 1.165) is 0 Å². The van der Waals surface area contributed by atoms with Gasteiger partial charge in [-0.3, -0.25) is 4.79 Å². The molecule has 1 aromatic carbocycles. The van der Waals surface area contributed by atoms with Gasteiger partial charge in [-0.1, -0.05) is 0 Å². The molecule has 0 N–H and O–H groups in total. The molecule has 0 aromatic heterocycles. The number of halogens is 1. The number of hydrogen-bond acceptors (Lipinski definition) is 2. The Morgan fingerprint density at radius 1 is 1.29 bits per heavy atom. The first-order valence-electron chi connectivity index (χ1n) is 5.37. The van der Waals surface area contributed by atoms with Gasteiger partial charge in [-0.2, -0.15) is 0 Å². The highest BCUT2D eigenvalue weighted by atomic mass is 19.1. The number of nitrogens with zero attached hydrogens (tertiary/aromatic N) is 2. The molecule has 0 aliphatic carbocycles. The van der Waals surface area contributed by atoms with Gasteiger partial charge in [-0.05, 0) is 24.3 Å². The molecule has 1 aliphatic rings.